The first-order valence-corrected chi connectivity index (χ1v) is 11.7. The van der Waals surface area contributed by atoms with Gasteiger partial charge in [0.05, 0.1) is 6.61 Å². The number of carbonyl (C=O) groups excluding carboxylic acids is 2. The molecule has 1 N–H and O–H groups in total. The fourth-order valence-electron chi connectivity index (χ4n) is 3.61. The van der Waals surface area contributed by atoms with Crippen molar-refractivity contribution < 1.29 is 19.1 Å². The van der Waals surface area contributed by atoms with Gasteiger partial charge in [-0.25, -0.2) is 0 Å². The Morgan fingerprint density at radius 1 is 1.06 bits per heavy atom. The molecule has 0 radical (unpaired) electrons. The van der Waals surface area contributed by atoms with Crippen molar-refractivity contribution in [3.05, 3.63) is 53.1 Å². The van der Waals surface area contributed by atoms with Crippen LogP contribution in [0.25, 0.3) is 0 Å². The molecule has 0 bridgehead atoms. The molecule has 0 atom stereocenters. The van der Waals surface area contributed by atoms with Crippen molar-refractivity contribution in [1.29, 1.82) is 0 Å². The summed E-state index contributed by atoms with van der Waals surface area (Å²) < 4.78 is 10.7. The quantitative estimate of drug-likeness (QED) is 0.413. The summed E-state index contributed by atoms with van der Waals surface area (Å²) in [7, 11) is 0. The number of hydrogen-bond acceptors (Lipinski definition) is 6. The molecule has 178 valence electrons. The number of ether oxygens (including phenoxy) is 2. The van der Waals surface area contributed by atoms with Gasteiger partial charge in [0.25, 0.3) is 5.91 Å². The number of likely N-dealkylation sites (N-methyl/N-ethyl adjacent to an activating group) is 1. The Labute approximate surface area is 200 Å². The Hall–Kier alpha value is -2.77. The number of benzene rings is 2. The summed E-state index contributed by atoms with van der Waals surface area (Å²) >= 11 is 5.99. The largest absolute Gasteiger partial charge is 0.494 e. The van der Waals surface area contributed by atoms with E-state index in [4.69, 9.17) is 21.1 Å². The van der Waals surface area contributed by atoms with Crippen LogP contribution in [0.1, 0.15) is 25.3 Å². The molecular formula is C25H32ClN3O4. The first-order valence-electron chi connectivity index (χ1n) is 11.4. The number of hydrogen-bond donors (Lipinski definition) is 1. The van der Waals surface area contributed by atoms with Crippen LogP contribution in [0.4, 0.5) is 11.4 Å². The molecule has 2 aromatic carbocycles. The Bertz CT molecular complexity index is 928. The van der Waals surface area contributed by atoms with Gasteiger partial charge in [-0.05, 0) is 67.9 Å². The van der Waals surface area contributed by atoms with Gasteiger partial charge in [-0.15, -0.1) is 0 Å². The minimum Gasteiger partial charge on any atom is -0.494 e. The lowest BCUT2D eigenvalue weighted by Crippen LogP contribution is -2.46. The molecule has 0 aliphatic carbocycles. The van der Waals surface area contributed by atoms with E-state index in [1.54, 1.807) is 12.1 Å². The van der Waals surface area contributed by atoms with E-state index in [1.807, 2.05) is 37.3 Å². The first kappa shape index (κ1) is 24.9. The summed E-state index contributed by atoms with van der Waals surface area (Å²) in [6.45, 7) is 9.36. The monoisotopic (exact) mass is 473 g/mol. The van der Waals surface area contributed by atoms with Gasteiger partial charge in [-0.1, -0.05) is 18.5 Å². The molecule has 1 saturated heterocycles. The number of carbonyl (C=O) groups is 2. The minimum absolute atomic E-state index is 0.180. The molecule has 3 rings (SSSR count). The van der Waals surface area contributed by atoms with Crippen LogP contribution in [0.15, 0.2) is 42.5 Å². The van der Waals surface area contributed by atoms with Gasteiger partial charge in [0.1, 0.15) is 5.75 Å². The maximum atomic E-state index is 12.1. The average molecular weight is 474 g/mol. The Morgan fingerprint density at radius 2 is 1.79 bits per heavy atom. The molecule has 7 nitrogen and oxygen atoms in total. The molecule has 1 heterocycles. The molecule has 1 amide bonds. The zero-order chi connectivity index (χ0) is 23.6. The zero-order valence-electron chi connectivity index (χ0n) is 19.3. The van der Waals surface area contributed by atoms with E-state index in [0.717, 1.165) is 44.0 Å². The van der Waals surface area contributed by atoms with Crippen molar-refractivity contribution in [2.45, 2.75) is 26.7 Å². The average Bonchev–Trinajstić information content (AvgIpc) is 2.83. The zero-order valence-corrected chi connectivity index (χ0v) is 20.1. The molecule has 2 aromatic rings. The Morgan fingerprint density at radius 3 is 2.45 bits per heavy atom. The summed E-state index contributed by atoms with van der Waals surface area (Å²) in [6.07, 6.45) is 0.677. The lowest BCUT2D eigenvalue weighted by Gasteiger charge is -2.35. The van der Waals surface area contributed by atoms with E-state index >= 15 is 0 Å². The second kappa shape index (κ2) is 12.5. The fourth-order valence-corrected chi connectivity index (χ4v) is 3.72. The minimum atomic E-state index is -0.428. The van der Waals surface area contributed by atoms with E-state index in [0.29, 0.717) is 29.5 Å². The van der Waals surface area contributed by atoms with Crippen LogP contribution in [0.5, 0.6) is 5.75 Å². The number of nitrogens with zero attached hydrogens (tertiary/aromatic N) is 2. The number of esters is 1. The number of anilines is 2. The van der Waals surface area contributed by atoms with Gasteiger partial charge in [-0.3, -0.25) is 9.59 Å². The number of halogens is 1. The summed E-state index contributed by atoms with van der Waals surface area (Å²) in [5.74, 6) is -0.0814. The van der Waals surface area contributed by atoms with Crippen molar-refractivity contribution in [1.82, 2.24) is 4.90 Å². The third-order valence-electron chi connectivity index (χ3n) is 5.62. The van der Waals surface area contributed by atoms with Gasteiger partial charge in [0, 0.05) is 49.0 Å². The standard InChI is InChI=1S/C25H32ClN3O4/c1-3-28-12-14-29(15-13-28)21-8-6-20(7-9-21)27-24(30)18-33-25(31)5-4-16-32-22-10-11-23(26)19(2)17-22/h6-11,17H,3-5,12-16,18H2,1-2H3,(H,27,30). The van der Waals surface area contributed by atoms with Gasteiger partial charge in [-0.2, -0.15) is 0 Å². The molecular weight excluding hydrogens is 442 g/mol. The predicted molar refractivity (Wildman–Crippen MR) is 131 cm³/mol. The second-order valence-electron chi connectivity index (χ2n) is 8.04. The van der Waals surface area contributed by atoms with E-state index in [9.17, 15) is 9.59 Å². The normalized spacial score (nSPS) is 14.1. The lowest BCUT2D eigenvalue weighted by atomic mass is 10.2. The Kier molecular flexibility index (Phi) is 9.39. The molecule has 0 spiro atoms. The molecule has 0 aromatic heterocycles. The van der Waals surface area contributed by atoms with Crippen molar-refractivity contribution >= 4 is 34.9 Å². The number of piperazine rings is 1. The predicted octanol–water partition coefficient (Wildman–Crippen LogP) is 4.13. The fraction of sp³-hybridized carbons (Fsp3) is 0.440. The van der Waals surface area contributed by atoms with Crippen molar-refractivity contribution in [2.75, 3.05) is 56.2 Å². The number of aryl methyl sites for hydroxylation is 1. The van der Waals surface area contributed by atoms with E-state index in [-0.39, 0.29) is 18.9 Å². The maximum absolute atomic E-state index is 12.1. The smallest absolute Gasteiger partial charge is 0.306 e. The molecule has 0 saturated carbocycles. The molecule has 1 fully saturated rings. The molecule has 1 aliphatic heterocycles. The highest BCUT2D eigenvalue weighted by molar-refractivity contribution is 6.31. The Balaban J connectivity index is 1.31. The van der Waals surface area contributed by atoms with Crippen molar-refractivity contribution in [3.8, 4) is 5.75 Å². The SMILES string of the molecule is CCN1CCN(c2ccc(NC(=O)COC(=O)CCCOc3ccc(Cl)c(C)c3)cc2)CC1. The molecule has 8 heteroatoms. The third kappa shape index (κ3) is 7.94. The van der Waals surface area contributed by atoms with Crippen LogP contribution in [0, 0.1) is 6.92 Å². The van der Waals surface area contributed by atoms with Crippen LogP contribution >= 0.6 is 11.6 Å². The van der Waals surface area contributed by atoms with E-state index < -0.39 is 5.97 Å². The highest BCUT2D eigenvalue weighted by Crippen LogP contribution is 2.21. The van der Waals surface area contributed by atoms with Crippen LogP contribution in [-0.2, 0) is 14.3 Å². The number of nitrogens with one attached hydrogen (secondary N) is 1. The molecule has 1 aliphatic rings. The van der Waals surface area contributed by atoms with E-state index in [1.165, 1.54) is 0 Å². The topological polar surface area (TPSA) is 71.1 Å². The maximum Gasteiger partial charge on any atom is 0.306 e. The van der Waals surface area contributed by atoms with Crippen LogP contribution in [0.3, 0.4) is 0 Å². The van der Waals surface area contributed by atoms with E-state index in [2.05, 4.69) is 22.0 Å². The van der Waals surface area contributed by atoms with Crippen molar-refractivity contribution in [3.63, 3.8) is 0 Å². The molecule has 33 heavy (non-hydrogen) atoms. The highest BCUT2D eigenvalue weighted by atomic mass is 35.5. The summed E-state index contributed by atoms with van der Waals surface area (Å²) in [4.78, 5) is 28.8. The highest BCUT2D eigenvalue weighted by Gasteiger charge is 2.16. The number of amides is 1. The summed E-state index contributed by atoms with van der Waals surface area (Å²) in [6, 6.07) is 13.2. The van der Waals surface area contributed by atoms with Crippen LogP contribution in [-0.4, -0.2) is 62.7 Å². The van der Waals surface area contributed by atoms with Crippen molar-refractivity contribution in [2.24, 2.45) is 0 Å². The van der Waals surface area contributed by atoms with Crippen LogP contribution in [0.2, 0.25) is 5.02 Å². The second-order valence-corrected chi connectivity index (χ2v) is 8.45. The number of rotatable bonds is 10. The van der Waals surface area contributed by atoms with Gasteiger partial charge in [0.15, 0.2) is 6.61 Å². The van der Waals surface area contributed by atoms with Gasteiger partial charge >= 0.3 is 5.97 Å². The summed E-state index contributed by atoms with van der Waals surface area (Å²) in [5.41, 5.74) is 2.76. The first-order chi connectivity index (χ1) is 15.9. The third-order valence-corrected chi connectivity index (χ3v) is 6.05. The lowest BCUT2D eigenvalue weighted by molar-refractivity contribution is -0.147. The van der Waals surface area contributed by atoms with Gasteiger partial charge < -0.3 is 24.6 Å². The van der Waals surface area contributed by atoms with Gasteiger partial charge in [0.2, 0.25) is 0 Å². The molecule has 0 unspecified atom stereocenters. The van der Waals surface area contributed by atoms with Crippen LogP contribution < -0.4 is 15.0 Å². The summed E-state index contributed by atoms with van der Waals surface area (Å²) in [5, 5.41) is 3.45.